The molecule has 2 aliphatic rings. The minimum atomic E-state index is -3.71. The zero-order valence-electron chi connectivity index (χ0n) is 17.8. The summed E-state index contributed by atoms with van der Waals surface area (Å²) in [6.07, 6.45) is 1.07. The van der Waals surface area contributed by atoms with E-state index in [1.165, 1.54) is 0 Å². The van der Waals surface area contributed by atoms with Gasteiger partial charge in [0.05, 0.1) is 16.9 Å². The van der Waals surface area contributed by atoms with Crippen LogP contribution in [0.5, 0.6) is 17.2 Å². The molecule has 3 aromatic carbocycles. The van der Waals surface area contributed by atoms with Gasteiger partial charge in [-0.2, -0.15) is 0 Å². The predicted molar refractivity (Wildman–Crippen MR) is 120 cm³/mol. The van der Waals surface area contributed by atoms with E-state index >= 15 is 0 Å². The van der Waals surface area contributed by atoms with Crippen LogP contribution in [0.4, 0.5) is 0 Å². The Kier molecular flexibility index (Phi) is 5.53. The van der Waals surface area contributed by atoms with E-state index in [-0.39, 0.29) is 15.9 Å². The van der Waals surface area contributed by atoms with Crippen molar-refractivity contribution in [3.8, 4) is 17.2 Å². The Morgan fingerprint density at radius 3 is 2.69 bits per heavy atom. The molecular weight excluding hydrogens is 426 g/mol. The number of hydrogen-bond donors (Lipinski definition) is 1. The molecule has 3 aromatic rings. The molecule has 0 aromatic heterocycles. The topological polar surface area (TPSA) is 73.9 Å². The minimum Gasteiger partial charge on any atom is -0.497 e. The van der Waals surface area contributed by atoms with Gasteiger partial charge >= 0.3 is 0 Å². The number of piperidine rings is 1. The van der Waals surface area contributed by atoms with Gasteiger partial charge < -0.3 is 19.5 Å². The third-order valence-corrected chi connectivity index (χ3v) is 7.80. The van der Waals surface area contributed by atoms with Gasteiger partial charge in [-0.05, 0) is 61.0 Å². The Labute approximate surface area is 188 Å². The SMILES string of the molecule is COc1cccc(COc2cccc(S(=O)(=O)c3ccc4c(c3)OC3CNCCC43)c2)c1. The van der Waals surface area contributed by atoms with E-state index in [9.17, 15) is 8.42 Å². The fraction of sp³-hybridized carbons (Fsp3) is 0.280. The summed E-state index contributed by atoms with van der Waals surface area (Å²) in [5.41, 5.74) is 2.04. The first-order chi connectivity index (χ1) is 15.5. The summed E-state index contributed by atoms with van der Waals surface area (Å²) < 4.78 is 43.8. The summed E-state index contributed by atoms with van der Waals surface area (Å²) in [4.78, 5) is 0.422. The summed E-state index contributed by atoms with van der Waals surface area (Å²) in [6, 6.07) is 19.4. The molecule has 1 fully saturated rings. The molecule has 0 radical (unpaired) electrons. The van der Waals surface area contributed by atoms with Crippen LogP contribution >= 0.6 is 0 Å². The third kappa shape index (κ3) is 3.94. The third-order valence-electron chi connectivity index (χ3n) is 6.06. The molecule has 1 N–H and O–H groups in total. The summed E-state index contributed by atoms with van der Waals surface area (Å²) in [5.74, 6) is 2.24. The fourth-order valence-electron chi connectivity index (χ4n) is 4.36. The molecule has 2 aliphatic heterocycles. The Morgan fingerprint density at radius 1 is 1.00 bits per heavy atom. The monoisotopic (exact) mass is 451 g/mol. The molecule has 1 saturated heterocycles. The lowest BCUT2D eigenvalue weighted by molar-refractivity contribution is 0.176. The van der Waals surface area contributed by atoms with E-state index in [1.54, 1.807) is 43.5 Å². The van der Waals surface area contributed by atoms with Crippen LogP contribution in [0.15, 0.2) is 76.5 Å². The maximum absolute atomic E-state index is 13.3. The molecule has 0 bridgehead atoms. The first-order valence-corrected chi connectivity index (χ1v) is 12.1. The Morgan fingerprint density at radius 2 is 1.81 bits per heavy atom. The molecule has 6 nitrogen and oxygen atoms in total. The lowest BCUT2D eigenvalue weighted by Crippen LogP contribution is -2.39. The molecule has 2 unspecified atom stereocenters. The number of fused-ring (bicyclic) bond motifs is 3. The van der Waals surface area contributed by atoms with E-state index in [0.717, 1.165) is 36.4 Å². The molecule has 0 aliphatic carbocycles. The fourth-order valence-corrected chi connectivity index (χ4v) is 5.67. The first kappa shape index (κ1) is 20.8. The number of methoxy groups -OCH3 is 1. The molecule has 166 valence electrons. The average molecular weight is 452 g/mol. The van der Waals surface area contributed by atoms with Crippen molar-refractivity contribution in [2.45, 2.75) is 34.8 Å². The van der Waals surface area contributed by atoms with Crippen LogP contribution < -0.4 is 19.5 Å². The van der Waals surface area contributed by atoms with Crippen molar-refractivity contribution in [3.05, 3.63) is 77.9 Å². The number of sulfone groups is 1. The normalized spacial score (nSPS) is 19.5. The average Bonchev–Trinajstić information content (AvgIpc) is 3.21. The van der Waals surface area contributed by atoms with Crippen LogP contribution in [0.1, 0.15) is 23.5 Å². The number of nitrogens with one attached hydrogen (secondary N) is 1. The van der Waals surface area contributed by atoms with E-state index in [4.69, 9.17) is 14.2 Å². The lowest BCUT2D eigenvalue weighted by atomic mass is 9.90. The molecular formula is C25H25NO5S. The Hall–Kier alpha value is -3.03. The summed E-state index contributed by atoms with van der Waals surface area (Å²) in [7, 11) is -2.09. The van der Waals surface area contributed by atoms with Gasteiger partial charge in [-0.25, -0.2) is 8.42 Å². The van der Waals surface area contributed by atoms with Crippen LogP contribution in [-0.2, 0) is 16.4 Å². The molecule has 7 heteroatoms. The second kappa shape index (κ2) is 8.48. The molecule has 32 heavy (non-hydrogen) atoms. The van der Waals surface area contributed by atoms with Crippen molar-refractivity contribution in [1.29, 1.82) is 0 Å². The van der Waals surface area contributed by atoms with E-state index in [2.05, 4.69) is 5.32 Å². The quantitative estimate of drug-likeness (QED) is 0.612. The highest BCUT2D eigenvalue weighted by Gasteiger charge is 2.36. The van der Waals surface area contributed by atoms with Crippen molar-refractivity contribution in [2.24, 2.45) is 0 Å². The second-order valence-electron chi connectivity index (χ2n) is 8.07. The van der Waals surface area contributed by atoms with Crippen molar-refractivity contribution in [1.82, 2.24) is 5.32 Å². The van der Waals surface area contributed by atoms with Crippen molar-refractivity contribution in [3.63, 3.8) is 0 Å². The number of rotatable bonds is 6. The highest BCUT2D eigenvalue weighted by molar-refractivity contribution is 7.91. The van der Waals surface area contributed by atoms with Crippen LogP contribution in [0, 0.1) is 0 Å². The van der Waals surface area contributed by atoms with Gasteiger partial charge in [-0.1, -0.05) is 24.3 Å². The number of ether oxygens (including phenoxy) is 3. The maximum Gasteiger partial charge on any atom is 0.206 e. The summed E-state index contributed by atoms with van der Waals surface area (Å²) >= 11 is 0. The number of hydrogen-bond acceptors (Lipinski definition) is 6. The highest BCUT2D eigenvalue weighted by atomic mass is 32.2. The molecule has 2 atom stereocenters. The van der Waals surface area contributed by atoms with Crippen LogP contribution in [0.3, 0.4) is 0 Å². The van der Waals surface area contributed by atoms with Gasteiger partial charge in [-0.3, -0.25) is 0 Å². The van der Waals surface area contributed by atoms with Crippen LogP contribution in [0.2, 0.25) is 0 Å². The molecule has 0 amide bonds. The zero-order chi connectivity index (χ0) is 22.1. The van der Waals surface area contributed by atoms with Gasteiger partial charge in [0.1, 0.15) is 30.0 Å². The van der Waals surface area contributed by atoms with E-state index in [0.29, 0.717) is 24.0 Å². The van der Waals surface area contributed by atoms with Crippen molar-refractivity contribution < 1.29 is 22.6 Å². The van der Waals surface area contributed by atoms with Gasteiger partial charge in [0, 0.05) is 18.0 Å². The van der Waals surface area contributed by atoms with Gasteiger partial charge in [0.25, 0.3) is 0 Å². The Balaban J connectivity index is 1.36. The second-order valence-corrected chi connectivity index (χ2v) is 10.0. The maximum atomic E-state index is 13.3. The van der Waals surface area contributed by atoms with Gasteiger partial charge in [0.2, 0.25) is 9.84 Å². The van der Waals surface area contributed by atoms with E-state index in [1.807, 2.05) is 30.3 Å². The van der Waals surface area contributed by atoms with Crippen molar-refractivity contribution in [2.75, 3.05) is 20.2 Å². The smallest absolute Gasteiger partial charge is 0.206 e. The van der Waals surface area contributed by atoms with Crippen molar-refractivity contribution >= 4 is 9.84 Å². The predicted octanol–water partition coefficient (Wildman–Crippen LogP) is 3.94. The number of benzene rings is 3. The molecule has 0 saturated carbocycles. The Bertz CT molecular complexity index is 1240. The van der Waals surface area contributed by atoms with Gasteiger partial charge in [0.15, 0.2) is 0 Å². The van der Waals surface area contributed by atoms with Crippen LogP contribution in [-0.4, -0.2) is 34.7 Å². The zero-order valence-corrected chi connectivity index (χ0v) is 18.6. The van der Waals surface area contributed by atoms with E-state index < -0.39 is 9.84 Å². The summed E-state index contributed by atoms with van der Waals surface area (Å²) in [6.45, 7) is 2.05. The van der Waals surface area contributed by atoms with Gasteiger partial charge in [-0.15, -0.1) is 0 Å². The summed E-state index contributed by atoms with van der Waals surface area (Å²) in [5, 5.41) is 3.33. The largest absolute Gasteiger partial charge is 0.497 e. The molecule has 5 rings (SSSR count). The molecule has 0 spiro atoms. The minimum absolute atomic E-state index is 0.0741. The molecule has 2 heterocycles. The highest BCUT2D eigenvalue weighted by Crippen LogP contribution is 2.42. The first-order valence-electron chi connectivity index (χ1n) is 10.7. The van der Waals surface area contributed by atoms with Crippen LogP contribution in [0.25, 0.3) is 0 Å². The lowest BCUT2D eigenvalue weighted by Gasteiger charge is -2.24. The standard InChI is InChI=1S/C25H25NO5S/c1-29-18-5-2-4-17(12-18)16-30-19-6-3-7-20(13-19)32(27,28)21-8-9-22-23-10-11-26-15-25(23)31-24(22)14-21/h2-9,12-14,23,25-26H,10-11,15-16H2,1H3.